The van der Waals surface area contributed by atoms with Crippen LogP contribution in [0.25, 0.3) is 0 Å². The van der Waals surface area contributed by atoms with Gasteiger partial charge in [-0.2, -0.15) is 0 Å². The summed E-state index contributed by atoms with van der Waals surface area (Å²) >= 11 is 0. The van der Waals surface area contributed by atoms with Crippen molar-refractivity contribution in [2.24, 2.45) is 0 Å². The first-order valence-electron chi connectivity index (χ1n) is 12.4. The second-order valence-corrected chi connectivity index (χ2v) is 9.68. The van der Waals surface area contributed by atoms with Crippen LogP contribution in [0, 0.1) is 0 Å². The number of piperidine rings is 2. The average molecular weight is 499 g/mol. The molecule has 0 spiro atoms. The second-order valence-electron chi connectivity index (χ2n) is 9.68. The summed E-state index contributed by atoms with van der Waals surface area (Å²) in [5.41, 5.74) is 0.788. The van der Waals surface area contributed by atoms with E-state index in [0.717, 1.165) is 5.56 Å². The van der Waals surface area contributed by atoms with E-state index in [1.165, 1.54) is 4.90 Å². The van der Waals surface area contributed by atoms with Crippen LogP contribution in [0.4, 0.5) is 21.0 Å². The standard InChI is InChI=1S/C29H30N4O4/c1-30(19-22-11-5-2-6-12-22)27(36)31-21-29(26(34)35)18-17-25(31)20-32(29)28(37)33(23-13-7-3-8-14-23)24-15-9-4-10-16-24/h2-16,25H,17-21H2,1H3,(H,34,35)/t25-,29-/m0/s1. The third-order valence-electron chi connectivity index (χ3n) is 7.36. The molecular formula is C29H30N4O4. The van der Waals surface area contributed by atoms with Crippen molar-refractivity contribution in [1.29, 1.82) is 0 Å². The van der Waals surface area contributed by atoms with Crippen LogP contribution >= 0.6 is 0 Å². The average Bonchev–Trinajstić information content (AvgIpc) is 2.94. The number of fused-ring (bicyclic) bond motifs is 3. The van der Waals surface area contributed by atoms with Gasteiger partial charge in [0.05, 0.1) is 24.0 Å². The first-order valence-corrected chi connectivity index (χ1v) is 12.4. The molecule has 0 aliphatic carbocycles. The molecule has 37 heavy (non-hydrogen) atoms. The molecule has 0 radical (unpaired) electrons. The van der Waals surface area contributed by atoms with Gasteiger partial charge in [-0.3, -0.25) is 4.90 Å². The number of aliphatic carboxylic acids is 1. The van der Waals surface area contributed by atoms with Crippen molar-refractivity contribution in [3.8, 4) is 0 Å². The number of benzene rings is 3. The van der Waals surface area contributed by atoms with Gasteiger partial charge in [0, 0.05) is 20.1 Å². The van der Waals surface area contributed by atoms with Gasteiger partial charge >= 0.3 is 18.0 Å². The number of rotatable bonds is 5. The molecule has 3 aromatic rings. The van der Waals surface area contributed by atoms with Crippen LogP contribution in [0.5, 0.6) is 0 Å². The zero-order valence-electron chi connectivity index (χ0n) is 20.7. The number of nitrogens with zero attached hydrogens (tertiary/aromatic N) is 4. The summed E-state index contributed by atoms with van der Waals surface area (Å²) < 4.78 is 0. The van der Waals surface area contributed by atoms with Crippen molar-refractivity contribution in [1.82, 2.24) is 14.7 Å². The molecule has 2 bridgehead atoms. The Bertz CT molecular complexity index is 1230. The predicted molar refractivity (Wildman–Crippen MR) is 141 cm³/mol. The third-order valence-corrected chi connectivity index (χ3v) is 7.36. The molecule has 3 aliphatic heterocycles. The lowest BCUT2D eigenvalue weighted by Gasteiger charge is -2.57. The number of amides is 4. The minimum Gasteiger partial charge on any atom is -0.479 e. The van der Waals surface area contributed by atoms with Gasteiger partial charge in [0.2, 0.25) is 0 Å². The summed E-state index contributed by atoms with van der Waals surface area (Å²) in [4.78, 5) is 46.7. The molecule has 0 saturated carbocycles. The van der Waals surface area contributed by atoms with E-state index in [0.29, 0.717) is 30.8 Å². The Morgan fingerprint density at radius 1 is 0.865 bits per heavy atom. The van der Waals surface area contributed by atoms with E-state index in [9.17, 15) is 19.5 Å². The maximum absolute atomic E-state index is 14.1. The van der Waals surface area contributed by atoms with Crippen LogP contribution < -0.4 is 4.90 Å². The van der Waals surface area contributed by atoms with Crippen molar-refractivity contribution in [3.63, 3.8) is 0 Å². The highest BCUT2D eigenvalue weighted by atomic mass is 16.4. The number of para-hydroxylation sites is 2. The highest BCUT2D eigenvalue weighted by Crippen LogP contribution is 2.40. The van der Waals surface area contributed by atoms with Crippen molar-refractivity contribution in [2.45, 2.75) is 31.0 Å². The normalized spacial score (nSPS) is 20.4. The van der Waals surface area contributed by atoms with Gasteiger partial charge < -0.3 is 19.8 Å². The van der Waals surface area contributed by atoms with E-state index in [-0.39, 0.29) is 25.2 Å². The zero-order chi connectivity index (χ0) is 26.0. The number of carboxylic acids is 1. The van der Waals surface area contributed by atoms with Gasteiger partial charge in [-0.1, -0.05) is 66.7 Å². The molecule has 8 nitrogen and oxygen atoms in total. The van der Waals surface area contributed by atoms with Gasteiger partial charge in [-0.05, 0) is 42.7 Å². The molecule has 2 atom stereocenters. The monoisotopic (exact) mass is 498 g/mol. The molecule has 3 heterocycles. The van der Waals surface area contributed by atoms with Crippen LogP contribution in [-0.2, 0) is 11.3 Å². The molecule has 3 aliphatic rings. The van der Waals surface area contributed by atoms with E-state index in [1.54, 1.807) is 21.7 Å². The van der Waals surface area contributed by atoms with Crippen LogP contribution in [0.1, 0.15) is 18.4 Å². The summed E-state index contributed by atoms with van der Waals surface area (Å²) in [5.74, 6) is -1.09. The SMILES string of the molecule is CN(Cc1ccccc1)C(=O)N1C[C@]2(C(=O)O)CC[C@H]1CN2C(=O)N(c1ccccc1)c1ccccc1. The zero-order valence-corrected chi connectivity index (χ0v) is 20.7. The number of hydrogen-bond acceptors (Lipinski definition) is 3. The predicted octanol–water partition coefficient (Wildman–Crippen LogP) is 4.80. The highest BCUT2D eigenvalue weighted by molar-refractivity contribution is 6.02. The van der Waals surface area contributed by atoms with Crippen LogP contribution in [-0.4, -0.2) is 69.6 Å². The van der Waals surface area contributed by atoms with Crippen molar-refractivity contribution >= 4 is 29.4 Å². The van der Waals surface area contributed by atoms with Crippen molar-refractivity contribution in [2.75, 3.05) is 25.0 Å². The molecule has 1 N–H and O–H groups in total. The fourth-order valence-corrected chi connectivity index (χ4v) is 5.41. The van der Waals surface area contributed by atoms with Gasteiger partial charge in [-0.15, -0.1) is 0 Å². The molecule has 6 rings (SSSR count). The fourth-order valence-electron chi connectivity index (χ4n) is 5.41. The van der Waals surface area contributed by atoms with Crippen molar-refractivity contribution in [3.05, 3.63) is 96.6 Å². The van der Waals surface area contributed by atoms with E-state index < -0.39 is 17.5 Å². The number of urea groups is 2. The Kier molecular flexibility index (Phi) is 6.56. The number of carbonyl (C=O) groups is 3. The van der Waals surface area contributed by atoms with E-state index in [2.05, 4.69) is 0 Å². The Morgan fingerprint density at radius 3 is 1.95 bits per heavy atom. The lowest BCUT2D eigenvalue weighted by atomic mass is 9.79. The quantitative estimate of drug-likeness (QED) is 0.548. The number of hydrogen-bond donors (Lipinski definition) is 1. The summed E-state index contributed by atoms with van der Waals surface area (Å²) in [7, 11) is 1.72. The number of carbonyl (C=O) groups excluding carboxylic acids is 2. The maximum Gasteiger partial charge on any atom is 0.331 e. The summed E-state index contributed by atoms with van der Waals surface area (Å²) in [6.07, 6.45) is 0.819. The molecule has 3 fully saturated rings. The number of anilines is 2. The Hall–Kier alpha value is -4.33. The fraction of sp³-hybridized carbons (Fsp3) is 0.276. The minimum atomic E-state index is -1.50. The molecule has 0 unspecified atom stereocenters. The van der Waals surface area contributed by atoms with Gasteiger partial charge in [-0.25, -0.2) is 14.4 Å². The number of carboxylic acid groups (broad SMARTS) is 1. The summed E-state index contributed by atoms with van der Waals surface area (Å²) in [5, 5.41) is 10.5. The van der Waals surface area contributed by atoms with Gasteiger partial charge in [0.25, 0.3) is 0 Å². The largest absolute Gasteiger partial charge is 0.479 e. The van der Waals surface area contributed by atoms with Crippen LogP contribution in [0.3, 0.4) is 0 Å². The van der Waals surface area contributed by atoms with E-state index in [4.69, 9.17) is 0 Å². The molecular weight excluding hydrogens is 468 g/mol. The molecule has 8 heteroatoms. The van der Waals surface area contributed by atoms with Crippen molar-refractivity contribution < 1.29 is 19.5 Å². The first-order chi connectivity index (χ1) is 17.9. The smallest absolute Gasteiger partial charge is 0.331 e. The van der Waals surface area contributed by atoms with E-state index in [1.807, 2.05) is 91.0 Å². The Morgan fingerprint density at radius 2 is 1.41 bits per heavy atom. The topological polar surface area (TPSA) is 84.4 Å². The molecule has 0 aromatic heterocycles. The minimum absolute atomic E-state index is 0.0475. The lowest BCUT2D eigenvalue weighted by Crippen LogP contribution is -2.76. The van der Waals surface area contributed by atoms with Crippen LogP contribution in [0.2, 0.25) is 0 Å². The first kappa shape index (κ1) is 24.4. The van der Waals surface area contributed by atoms with E-state index >= 15 is 0 Å². The maximum atomic E-state index is 14.1. The van der Waals surface area contributed by atoms with Crippen LogP contribution in [0.15, 0.2) is 91.0 Å². The molecule has 4 amide bonds. The Labute approximate surface area is 216 Å². The molecule has 190 valence electrons. The molecule has 3 saturated heterocycles. The number of piperazine rings is 1. The second kappa shape index (κ2) is 9.97. The highest BCUT2D eigenvalue weighted by Gasteiger charge is 2.58. The third kappa shape index (κ3) is 4.50. The summed E-state index contributed by atoms with van der Waals surface area (Å²) in [6, 6.07) is 27.2. The summed E-state index contributed by atoms with van der Waals surface area (Å²) in [6.45, 7) is 0.530. The lowest BCUT2D eigenvalue weighted by molar-refractivity contribution is -0.160. The molecule has 3 aromatic carbocycles. The van der Waals surface area contributed by atoms with Gasteiger partial charge in [0.1, 0.15) is 0 Å². The van der Waals surface area contributed by atoms with Gasteiger partial charge in [0.15, 0.2) is 5.54 Å². The Balaban J connectivity index is 1.44.